The molecule has 0 saturated carbocycles. The fraction of sp³-hybridized carbons (Fsp3) is 0.583. The Kier molecular flexibility index (Phi) is 3.78. The minimum atomic E-state index is -0.465. The molecule has 0 saturated heterocycles. The van der Waals surface area contributed by atoms with Gasteiger partial charge in [-0.15, -0.1) is 0 Å². The lowest BCUT2D eigenvalue weighted by Gasteiger charge is -2.26. The largest absolute Gasteiger partial charge is 0.391 e. The molecule has 6 nitrogen and oxygen atoms in total. The molecule has 7 heteroatoms. The molecule has 0 spiro atoms. The molecule has 0 aliphatic heterocycles. The van der Waals surface area contributed by atoms with E-state index in [9.17, 15) is 5.11 Å². The normalized spacial score (nSPS) is 13.8. The Morgan fingerprint density at radius 3 is 2.74 bits per heavy atom. The van der Waals surface area contributed by atoms with Crippen molar-refractivity contribution in [3.8, 4) is 0 Å². The third-order valence-electron chi connectivity index (χ3n) is 3.04. The maximum atomic E-state index is 10.1. The van der Waals surface area contributed by atoms with E-state index in [2.05, 4.69) is 36.3 Å². The van der Waals surface area contributed by atoms with Gasteiger partial charge in [0.05, 0.1) is 11.5 Å². The van der Waals surface area contributed by atoms with Gasteiger partial charge in [-0.05, 0) is 21.3 Å². The lowest BCUT2D eigenvalue weighted by Crippen LogP contribution is -2.33. The standard InChI is InChI=1S/C12H18BrN5O/c1-12(2,3)7(19)5-14-10-8-9(13)17-18(4)11(8)16-6-15-10/h6-7,19H,5H2,1-4H3,(H,14,15,16). The van der Waals surface area contributed by atoms with Gasteiger partial charge in [-0.2, -0.15) is 5.10 Å². The van der Waals surface area contributed by atoms with Gasteiger partial charge in [0.25, 0.3) is 0 Å². The van der Waals surface area contributed by atoms with E-state index in [4.69, 9.17) is 0 Å². The monoisotopic (exact) mass is 327 g/mol. The van der Waals surface area contributed by atoms with Gasteiger partial charge >= 0.3 is 0 Å². The summed E-state index contributed by atoms with van der Waals surface area (Å²) < 4.78 is 2.38. The molecule has 0 bridgehead atoms. The summed E-state index contributed by atoms with van der Waals surface area (Å²) in [5, 5.41) is 18.3. The molecule has 1 atom stereocenters. The fourth-order valence-corrected chi connectivity index (χ4v) is 2.28. The smallest absolute Gasteiger partial charge is 0.164 e. The molecule has 1 unspecified atom stereocenters. The number of fused-ring (bicyclic) bond motifs is 1. The van der Waals surface area contributed by atoms with Crippen molar-refractivity contribution in [3.05, 3.63) is 10.9 Å². The summed E-state index contributed by atoms with van der Waals surface area (Å²) in [7, 11) is 1.83. The minimum absolute atomic E-state index is 0.175. The molecule has 0 aliphatic carbocycles. The van der Waals surface area contributed by atoms with Crippen LogP contribution in [-0.4, -0.2) is 37.5 Å². The van der Waals surface area contributed by atoms with Crippen molar-refractivity contribution in [1.82, 2.24) is 19.7 Å². The van der Waals surface area contributed by atoms with Crippen molar-refractivity contribution >= 4 is 32.8 Å². The third-order valence-corrected chi connectivity index (χ3v) is 3.60. The number of halogens is 1. The zero-order valence-electron chi connectivity index (χ0n) is 11.5. The molecule has 0 aliphatic rings. The lowest BCUT2D eigenvalue weighted by atomic mass is 9.89. The van der Waals surface area contributed by atoms with Crippen molar-refractivity contribution in [2.75, 3.05) is 11.9 Å². The Balaban J connectivity index is 2.27. The van der Waals surface area contributed by atoms with E-state index in [1.807, 2.05) is 27.8 Å². The van der Waals surface area contributed by atoms with Gasteiger partial charge in [0.15, 0.2) is 5.65 Å². The molecule has 2 rings (SSSR count). The first-order valence-corrected chi connectivity index (χ1v) is 6.85. The Labute approximate surface area is 120 Å². The first kappa shape index (κ1) is 14.2. The van der Waals surface area contributed by atoms with E-state index < -0.39 is 6.10 Å². The van der Waals surface area contributed by atoms with Crippen molar-refractivity contribution in [2.45, 2.75) is 26.9 Å². The summed E-state index contributed by atoms with van der Waals surface area (Å²) in [4.78, 5) is 8.41. The van der Waals surface area contributed by atoms with Crippen molar-refractivity contribution in [1.29, 1.82) is 0 Å². The number of nitrogens with zero attached hydrogens (tertiary/aromatic N) is 4. The number of aliphatic hydroxyl groups is 1. The van der Waals surface area contributed by atoms with Crippen LogP contribution >= 0.6 is 15.9 Å². The van der Waals surface area contributed by atoms with E-state index in [0.717, 1.165) is 11.0 Å². The van der Waals surface area contributed by atoms with E-state index in [1.165, 1.54) is 6.33 Å². The summed E-state index contributed by atoms with van der Waals surface area (Å²) in [5.74, 6) is 0.674. The predicted molar refractivity (Wildman–Crippen MR) is 78.0 cm³/mol. The van der Waals surface area contributed by atoms with Crippen molar-refractivity contribution < 1.29 is 5.11 Å². The molecular formula is C12H18BrN5O. The summed E-state index contributed by atoms with van der Waals surface area (Å²) in [6.07, 6.45) is 1.02. The van der Waals surface area contributed by atoms with Crippen LogP contribution in [0.2, 0.25) is 0 Å². The van der Waals surface area contributed by atoms with Crippen LogP contribution in [0.5, 0.6) is 0 Å². The molecule has 19 heavy (non-hydrogen) atoms. The second-order valence-corrected chi connectivity index (χ2v) is 6.35. The highest BCUT2D eigenvalue weighted by Crippen LogP contribution is 2.27. The van der Waals surface area contributed by atoms with E-state index >= 15 is 0 Å². The fourth-order valence-electron chi connectivity index (χ4n) is 1.67. The SMILES string of the molecule is Cn1nc(Br)c2c(NCC(O)C(C)(C)C)ncnc21. The molecule has 0 radical (unpaired) electrons. The van der Waals surface area contributed by atoms with Gasteiger partial charge in [0.1, 0.15) is 16.7 Å². The topological polar surface area (TPSA) is 75.9 Å². The average molecular weight is 328 g/mol. The molecular weight excluding hydrogens is 310 g/mol. The van der Waals surface area contributed by atoms with Crippen LogP contribution in [0.3, 0.4) is 0 Å². The van der Waals surface area contributed by atoms with Crippen LogP contribution in [0.25, 0.3) is 11.0 Å². The highest BCUT2D eigenvalue weighted by atomic mass is 79.9. The quantitative estimate of drug-likeness (QED) is 0.901. The molecule has 2 heterocycles. The maximum absolute atomic E-state index is 10.1. The zero-order valence-corrected chi connectivity index (χ0v) is 13.1. The lowest BCUT2D eigenvalue weighted by molar-refractivity contribution is 0.0745. The van der Waals surface area contributed by atoms with Crippen LogP contribution in [-0.2, 0) is 7.05 Å². The van der Waals surface area contributed by atoms with Gasteiger partial charge in [0, 0.05) is 13.6 Å². The van der Waals surface area contributed by atoms with Crippen LogP contribution in [0, 0.1) is 5.41 Å². The Morgan fingerprint density at radius 1 is 1.42 bits per heavy atom. The van der Waals surface area contributed by atoms with E-state index in [0.29, 0.717) is 17.0 Å². The molecule has 0 amide bonds. The Bertz CT molecular complexity index is 590. The first-order chi connectivity index (χ1) is 8.80. The average Bonchev–Trinajstić information content (AvgIpc) is 2.61. The number of rotatable bonds is 3. The van der Waals surface area contributed by atoms with Gasteiger partial charge < -0.3 is 10.4 Å². The zero-order chi connectivity index (χ0) is 14.2. The molecule has 2 N–H and O–H groups in total. The summed E-state index contributed by atoms with van der Waals surface area (Å²) in [6, 6.07) is 0. The van der Waals surface area contributed by atoms with Crippen LogP contribution < -0.4 is 5.32 Å². The number of aryl methyl sites for hydroxylation is 1. The number of aliphatic hydroxyl groups excluding tert-OH is 1. The predicted octanol–water partition coefficient (Wildman–Crippen LogP) is 1.94. The molecule has 104 valence electrons. The Morgan fingerprint density at radius 2 is 2.11 bits per heavy atom. The number of hydrogen-bond donors (Lipinski definition) is 2. The van der Waals surface area contributed by atoms with Gasteiger partial charge in [-0.25, -0.2) is 14.6 Å². The highest BCUT2D eigenvalue weighted by Gasteiger charge is 2.22. The van der Waals surface area contributed by atoms with E-state index in [1.54, 1.807) is 4.68 Å². The maximum Gasteiger partial charge on any atom is 0.164 e. The summed E-state index contributed by atoms with van der Waals surface area (Å²) in [6.45, 7) is 6.41. The van der Waals surface area contributed by atoms with E-state index in [-0.39, 0.29) is 5.41 Å². The molecule has 0 fully saturated rings. The summed E-state index contributed by atoms with van der Waals surface area (Å²) in [5.41, 5.74) is 0.570. The summed E-state index contributed by atoms with van der Waals surface area (Å²) >= 11 is 3.40. The molecule has 2 aromatic heterocycles. The number of aromatic nitrogens is 4. The van der Waals surface area contributed by atoms with Crippen LogP contribution in [0.1, 0.15) is 20.8 Å². The second-order valence-electron chi connectivity index (χ2n) is 5.60. The number of hydrogen-bond acceptors (Lipinski definition) is 5. The second kappa shape index (κ2) is 5.05. The number of nitrogens with one attached hydrogen (secondary N) is 1. The third kappa shape index (κ3) is 2.87. The van der Waals surface area contributed by atoms with Gasteiger partial charge in [0.2, 0.25) is 0 Å². The van der Waals surface area contributed by atoms with Gasteiger partial charge in [-0.3, -0.25) is 0 Å². The van der Waals surface area contributed by atoms with Gasteiger partial charge in [-0.1, -0.05) is 20.8 Å². The first-order valence-electron chi connectivity index (χ1n) is 6.06. The molecule has 0 aromatic carbocycles. The van der Waals surface area contributed by atoms with Crippen LogP contribution in [0.15, 0.2) is 10.9 Å². The van der Waals surface area contributed by atoms with Crippen LogP contribution in [0.4, 0.5) is 5.82 Å². The molecule has 2 aromatic rings. The Hall–Kier alpha value is -1.21. The highest BCUT2D eigenvalue weighted by molar-refractivity contribution is 9.10. The van der Waals surface area contributed by atoms with Crippen molar-refractivity contribution in [3.63, 3.8) is 0 Å². The number of anilines is 1. The minimum Gasteiger partial charge on any atom is -0.391 e. The van der Waals surface area contributed by atoms with Crippen molar-refractivity contribution in [2.24, 2.45) is 12.5 Å².